The Labute approximate surface area is 142 Å². The monoisotopic (exact) mass is 351 g/mol. The van der Waals surface area contributed by atoms with Crippen molar-refractivity contribution < 1.29 is 23.0 Å². The highest BCUT2D eigenvalue weighted by molar-refractivity contribution is 7.89. The third kappa shape index (κ3) is 4.70. The maximum atomic E-state index is 12.5. The lowest BCUT2D eigenvalue weighted by Gasteiger charge is -2.15. The average molecular weight is 351 g/mol. The molecular formula is C17H21NO5S. The maximum Gasteiger partial charge on any atom is 0.244 e. The summed E-state index contributed by atoms with van der Waals surface area (Å²) in [5, 5.41) is 10.1. The number of hydrogen-bond donors (Lipinski definition) is 2. The van der Waals surface area contributed by atoms with Gasteiger partial charge in [-0.3, -0.25) is 0 Å². The first-order valence-corrected chi connectivity index (χ1v) is 8.88. The summed E-state index contributed by atoms with van der Waals surface area (Å²) in [4.78, 5) is -0.0312. The number of aliphatic hydroxyl groups excluding tert-OH is 1. The summed E-state index contributed by atoms with van der Waals surface area (Å²) in [6, 6.07) is 13.9. The van der Waals surface area contributed by atoms with E-state index in [2.05, 4.69) is 4.72 Å². The maximum absolute atomic E-state index is 12.5. The fraction of sp³-hybridized carbons (Fsp3) is 0.294. The molecule has 0 radical (unpaired) electrons. The van der Waals surface area contributed by atoms with E-state index in [1.807, 2.05) is 30.3 Å². The van der Waals surface area contributed by atoms with Gasteiger partial charge in [-0.05, 0) is 24.1 Å². The molecule has 1 atom stereocenters. The largest absolute Gasteiger partial charge is 0.497 e. The second-order valence-electron chi connectivity index (χ2n) is 5.21. The smallest absolute Gasteiger partial charge is 0.244 e. The van der Waals surface area contributed by atoms with Gasteiger partial charge in [-0.2, -0.15) is 0 Å². The van der Waals surface area contributed by atoms with Crippen molar-refractivity contribution in [2.24, 2.45) is 0 Å². The van der Waals surface area contributed by atoms with E-state index in [9.17, 15) is 13.5 Å². The van der Waals surface area contributed by atoms with E-state index in [-0.39, 0.29) is 17.2 Å². The molecule has 0 spiro atoms. The molecule has 2 N–H and O–H groups in total. The van der Waals surface area contributed by atoms with E-state index in [0.29, 0.717) is 12.2 Å². The van der Waals surface area contributed by atoms with Gasteiger partial charge in [-0.25, -0.2) is 13.1 Å². The van der Waals surface area contributed by atoms with Crippen LogP contribution in [-0.2, 0) is 16.4 Å². The summed E-state index contributed by atoms with van der Waals surface area (Å²) in [7, 11) is -0.990. The predicted molar refractivity (Wildman–Crippen MR) is 90.9 cm³/mol. The molecule has 2 aromatic rings. The van der Waals surface area contributed by atoms with Crippen molar-refractivity contribution >= 4 is 10.0 Å². The first-order chi connectivity index (χ1) is 11.5. The zero-order valence-corrected chi connectivity index (χ0v) is 14.4. The summed E-state index contributed by atoms with van der Waals surface area (Å²) in [5.41, 5.74) is 0.933. The summed E-state index contributed by atoms with van der Waals surface area (Å²) in [5.74, 6) is 0.613. The minimum absolute atomic E-state index is 0.0312. The van der Waals surface area contributed by atoms with Crippen LogP contribution in [0.3, 0.4) is 0 Å². The molecule has 0 aliphatic heterocycles. The Bertz CT molecular complexity index is 762. The quantitative estimate of drug-likeness (QED) is 0.754. The molecule has 0 heterocycles. The van der Waals surface area contributed by atoms with Crippen LogP contribution >= 0.6 is 0 Å². The van der Waals surface area contributed by atoms with Gasteiger partial charge in [-0.15, -0.1) is 0 Å². The van der Waals surface area contributed by atoms with Crippen LogP contribution in [0.4, 0.5) is 0 Å². The van der Waals surface area contributed by atoms with Gasteiger partial charge in [0.25, 0.3) is 0 Å². The van der Waals surface area contributed by atoms with Gasteiger partial charge in [0.05, 0.1) is 20.3 Å². The SMILES string of the molecule is COc1ccc(OC)c(S(=O)(=O)NC[C@H](O)Cc2ccccc2)c1. The van der Waals surface area contributed by atoms with E-state index in [4.69, 9.17) is 9.47 Å². The third-order valence-electron chi connectivity index (χ3n) is 3.48. The van der Waals surface area contributed by atoms with Crippen LogP contribution in [0.5, 0.6) is 11.5 Å². The molecule has 2 aromatic carbocycles. The fourth-order valence-electron chi connectivity index (χ4n) is 2.24. The molecule has 24 heavy (non-hydrogen) atoms. The minimum Gasteiger partial charge on any atom is -0.497 e. The number of aliphatic hydroxyl groups is 1. The van der Waals surface area contributed by atoms with Crippen molar-refractivity contribution in [3.8, 4) is 11.5 Å². The van der Waals surface area contributed by atoms with Gasteiger partial charge < -0.3 is 14.6 Å². The fourth-order valence-corrected chi connectivity index (χ4v) is 3.49. The Hall–Kier alpha value is -2.09. The Morgan fingerprint density at radius 1 is 1.08 bits per heavy atom. The number of nitrogens with one attached hydrogen (secondary N) is 1. The van der Waals surface area contributed by atoms with Crippen LogP contribution in [0.1, 0.15) is 5.56 Å². The van der Waals surface area contributed by atoms with Gasteiger partial charge >= 0.3 is 0 Å². The second-order valence-corrected chi connectivity index (χ2v) is 6.95. The molecule has 0 saturated carbocycles. The van der Waals surface area contributed by atoms with Gasteiger partial charge in [0, 0.05) is 12.6 Å². The number of ether oxygens (including phenoxy) is 2. The highest BCUT2D eigenvalue weighted by Gasteiger charge is 2.21. The first-order valence-electron chi connectivity index (χ1n) is 7.40. The number of sulfonamides is 1. The van der Waals surface area contributed by atoms with Crippen LogP contribution < -0.4 is 14.2 Å². The van der Waals surface area contributed by atoms with E-state index in [0.717, 1.165) is 5.56 Å². The van der Waals surface area contributed by atoms with Crippen LogP contribution in [-0.4, -0.2) is 40.4 Å². The molecule has 0 saturated heterocycles. The molecule has 7 heteroatoms. The van der Waals surface area contributed by atoms with Crippen molar-refractivity contribution in [2.75, 3.05) is 20.8 Å². The number of benzene rings is 2. The molecule has 130 valence electrons. The van der Waals surface area contributed by atoms with Gasteiger partial charge in [0.15, 0.2) is 0 Å². The van der Waals surface area contributed by atoms with Crippen LogP contribution in [0.25, 0.3) is 0 Å². The molecule has 0 aliphatic rings. The van der Waals surface area contributed by atoms with Crippen LogP contribution in [0.15, 0.2) is 53.4 Å². The van der Waals surface area contributed by atoms with Crippen LogP contribution in [0.2, 0.25) is 0 Å². The summed E-state index contributed by atoms with van der Waals surface area (Å²) in [6.45, 7) is -0.0996. The standard InChI is InChI=1S/C17H21NO5S/c1-22-15-8-9-16(23-2)17(11-15)24(20,21)18-12-14(19)10-13-6-4-3-5-7-13/h3-9,11,14,18-19H,10,12H2,1-2H3/t14-/m1/s1. The number of hydrogen-bond acceptors (Lipinski definition) is 5. The topological polar surface area (TPSA) is 84.9 Å². The molecule has 0 aliphatic carbocycles. The molecule has 2 rings (SSSR count). The number of methoxy groups -OCH3 is 2. The van der Waals surface area contributed by atoms with Gasteiger partial charge in [0.2, 0.25) is 10.0 Å². The van der Waals surface area contributed by atoms with E-state index < -0.39 is 16.1 Å². The van der Waals surface area contributed by atoms with E-state index in [1.165, 1.54) is 26.4 Å². The lowest BCUT2D eigenvalue weighted by molar-refractivity contribution is 0.179. The lowest BCUT2D eigenvalue weighted by Crippen LogP contribution is -2.33. The first kappa shape index (κ1) is 18.3. The molecular weight excluding hydrogens is 330 g/mol. The van der Waals surface area contributed by atoms with Gasteiger partial charge in [-0.1, -0.05) is 30.3 Å². The average Bonchev–Trinajstić information content (AvgIpc) is 2.60. The van der Waals surface area contributed by atoms with Crippen molar-refractivity contribution in [2.45, 2.75) is 17.4 Å². The third-order valence-corrected chi connectivity index (χ3v) is 4.93. The summed E-state index contributed by atoms with van der Waals surface area (Å²) in [6.07, 6.45) is -0.475. The molecule has 0 fully saturated rings. The minimum atomic E-state index is -3.84. The lowest BCUT2D eigenvalue weighted by atomic mass is 10.1. The van der Waals surface area contributed by atoms with Crippen molar-refractivity contribution in [3.05, 3.63) is 54.1 Å². The Balaban J connectivity index is 2.08. The van der Waals surface area contributed by atoms with E-state index in [1.54, 1.807) is 6.07 Å². The number of rotatable bonds is 8. The Morgan fingerprint density at radius 3 is 2.42 bits per heavy atom. The zero-order chi connectivity index (χ0) is 17.6. The summed E-state index contributed by atoms with van der Waals surface area (Å²) < 4.78 is 37.5. The molecule has 0 unspecified atom stereocenters. The molecule has 0 aromatic heterocycles. The second kappa shape index (κ2) is 8.14. The van der Waals surface area contributed by atoms with Crippen molar-refractivity contribution in [1.29, 1.82) is 0 Å². The highest BCUT2D eigenvalue weighted by atomic mass is 32.2. The normalized spacial score (nSPS) is 12.6. The molecule has 0 bridgehead atoms. The van der Waals surface area contributed by atoms with Gasteiger partial charge in [0.1, 0.15) is 16.4 Å². The predicted octanol–water partition coefficient (Wildman–Crippen LogP) is 1.59. The van der Waals surface area contributed by atoms with Crippen molar-refractivity contribution in [1.82, 2.24) is 4.72 Å². The molecule has 0 amide bonds. The summed E-state index contributed by atoms with van der Waals surface area (Å²) >= 11 is 0. The Kier molecular flexibility index (Phi) is 6.19. The zero-order valence-electron chi connectivity index (χ0n) is 13.6. The highest BCUT2D eigenvalue weighted by Crippen LogP contribution is 2.27. The van der Waals surface area contributed by atoms with Crippen molar-refractivity contribution in [3.63, 3.8) is 0 Å². The molecule has 6 nitrogen and oxygen atoms in total. The van der Waals surface area contributed by atoms with Crippen LogP contribution in [0, 0.1) is 0 Å². The van der Waals surface area contributed by atoms with E-state index >= 15 is 0 Å². The Morgan fingerprint density at radius 2 is 1.79 bits per heavy atom.